The average Bonchev–Trinajstić information content (AvgIpc) is 1.60. The molecule has 0 bridgehead atoms. The van der Waals surface area contributed by atoms with Crippen LogP contribution in [0.4, 0.5) is 0 Å². The van der Waals surface area contributed by atoms with Crippen molar-refractivity contribution in [2.24, 2.45) is 0 Å². The number of hydrogen-bond acceptors (Lipinski definition) is 1. The van der Waals surface area contributed by atoms with Crippen LogP contribution in [-0.4, -0.2) is 12.5 Å². The highest BCUT2D eigenvalue weighted by Crippen LogP contribution is 2.04. The minimum absolute atomic E-state index is 0.207. The second kappa shape index (κ2) is 2.31. The fourth-order valence-electron chi connectivity index (χ4n) is 0.788. The van der Waals surface area contributed by atoms with E-state index in [0.29, 0.717) is 0 Å². The molecule has 0 amide bonds. The second-order valence-corrected chi connectivity index (χ2v) is 2.02. The summed E-state index contributed by atoms with van der Waals surface area (Å²) in [6, 6.07) is -0.537. The van der Waals surface area contributed by atoms with E-state index in [9.17, 15) is 0 Å². The molecule has 7 heavy (non-hydrogen) atoms. The number of piperidine rings is 1. The first kappa shape index (κ1) is 3.08. The van der Waals surface area contributed by atoms with Crippen LogP contribution in [0.25, 0.3) is 0 Å². The van der Waals surface area contributed by atoms with Gasteiger partial charge in [0.2, 0.25) is 0 Å². The lowest BCUT2D eigenvalue weighted by atomic mass is 10.1. The Balaban J connectivity index is 2.41. The Bertz CT molecular complexity index is 103. The molecular weight excluding hydrogens is 86.1 g/mol. The molecule has 1 rings (SSSR count). The molecule has 0 saturated carbocycles. The van der Waals surface area contributed by atoms with Crippen LogP contribution in [-0.2, 0) is 0 Å². The Labute approximate surface area is 47.9 Å². The topological polar surface area (TPSA) is 12.0 Å². The largest absolute Gasteiger partial charge is 0.314 e. The first-order valence-corrected chi connectivity index (χ1v) is 2.80. The molecule has 1 saturated heterocycles. The summed E-state index contributed by atoms with van der Waals surface area (Å²) in [6.45, 7) is 1.62. The fourth-order valence-corrected chi connectivity index (χ4v) is 0.788. The lowest BCUT2D eigenvalue weighted by Crippen LogP contribution is -2.30. The number of hydrogen-bond donors (Lipinski definition) is 1. The molecule has 1 aliphatic heterocycles. The summed E-state index contributed by atoms with van der Waals surface area (Å²) in [6.07, 6.45) is 2.79. The van der Waals surface area contributed by atoms with Crippen LogP contribution in [0, 0.1) is 0 Å². The number of rotatable bonds is 0. The molecule has 1 heterocycles. The van der Waals surface area contributed by atoms with Crippen LogP contribution in [0.5, 0.6) is 0 Å². The molecular formula is C6H13N. The van der Waals surface area contributed by atoms with Crippen molar-refractivity contribution < 1.29 is 2.74 Å². The summed E-state index contributed by atoms with van der Waals surface area (Å²) >= 11 is 0. The van der Waals surface area contributed by atoms with Gasteiger partial charge in [0.05, 0.1) is 0 Å². The fraction of sp³-hybridized carbons (Fsp3) is 1.00. The predicted octanol–water partition coefficient (Wildman–Crippen LogP) is 1.15. The van der Waals surface area contributed by atoms with Crippen molar-refractivity contribution in [1.29, 1.82) is 0 Å². The highest BCUT2D eigenvalue weighted by Gasteiger charge is 2.04. The molecule has 1 fully saturated rings. The van der Waals surface area contributed by atoms with Gasteiger partial charge in [-0.15, -0.1) is 0 Å². The van der Waals surface area contributed by atoms with Gasteiger partial charge in [-0.3, -0.25) is 0 Å². The van der Waals surface area contributed by atoms with Gasteiger partial charge >= 0.3 is 0 Å². The summed E-state index contributed by atoms with van der Waals surface area (Å²) in [5.74, 6) is 0. The molecule has 0 aliphatic carbocycles. The zero-order valence-electron chi connectivity index (χ0n) is 6.70. The average molecular weight is 101 g/mol. The molecule has 0 radical (unpaired) electrons. The number of nitrogens with one attached hydrogen (secondary N) is 1. The van der Waals surface area contributed by atoms with E-state index in [4.69, 9.17) is 2.74 Å². The molecule has 2 unspecified atom stereocenters. The summed E-state index contributed by atoms with van der Waals surface area (Å²) in [5.41, 5.74) is 0. The summed E-state index contributed by atoms with van der Waals surface area (Å²) < 4.78 is 14.8. The van der Waals surface area contributed by atoms with Crippen molar-refractivity contribution in [1.82, 2.24) is 5.32 Å². The van der Waals surface area contributed by atoms with Crippen molar-refractivity contribution >= 4 is 0 Å². The van der Waals surface area contributed by atoms with Crippen LogP contribution in [0.1, 0.15) is 28.9 Å². The molecule has 0 aromatic rings. The SMILES string of the molecule is [2H]C1CCCC([2H])(C)N1. The Morgan fingerprint density at radius 3 is 3.14 bits per heavy atom. The van der Waals surface area contributed by atoms with E-state index in [1.165, 1.54) is 0 Å². The van der Waals surface area contributed by atoms with E-state index in [0.717, 1.165) is 19.3 Å². The first-order valence-electron chi connectivity index (χ1n) is 3.88. The normalized spacial score (nSPS) is 58.1. The molecule has 42 valence electrons. The van der Waals surface area contributed by atoms with Gasteiger partial charge in [0, 0.05) is 8.76 Å². The van der Waals surface area contributed by atoms with Crippen molar-refractivity contribution in [3.8, 4) is 0 Å². The van der Waals surface area contributed by atoms with Crippen molar-refractivity contribution in [3.63, 3.8) is 0 Å². The van der Waals surface area contributed by atoms with E-state index >= 15 is 0 Å². The van der Waals surface area contributed by atoms with Gasteiger partial charge in [0.1, 0.15) is 0 Å². The van der Waals surface area contributed by atoms with Crippen LogP contribution in [0.15, 0.2) is 0 Å². The monoisotopic (exact) mass is 101 g/mol. The van der Waals surface area contributed by atoms with E-state index < -0.39 is 6.02 Å². The third kappa shape index (κ3) is 1.48. The summed E-state index contributed by atoms with van der Waals surface area (Å²) in [4.78, 5) is 0. The molecule has 1 N–H and O–H groups in total. The lowest BCUT2D eigenvalue weighted by molar-refractivity contribution is 0.425. The summed E-state index contributed by atoms with van der Waals surface area (Å²) in [7, 11) is 0. The van der Waals surface area contributed by atoms with Gasteiger partial charge < -0.3 is 5.32 Å². The van der Waals surface area contributed by atoms with Gasteiger partial charge in [0.25, 0.3) is 0 Å². The zero-order valence-corrected chi connectivity index (χ0v) is 4.70. The van der Waals surface area contributed by atoms with Crippen LogP contribution in [0.3, 0.4) is 0 Å². The van der Waals surface area contributed by atoms with Crippen molar-refractivity contribution in [2.45, 2.75) is 32.2 Å². The van der Waals surface area contributed by atoms with Crippen LogP contribution >= 0.6 is 0 Å². The molecule has 1 nitrogen and oxygen atoms in total. The Hall–Kier alpha value is -0.0400. The van der Waals surface area contributed by atoms with Crippen LogP contribution < -0.4 is 5.32 Å². The smallest absolute Gasteiger partial charge is 0.0462 e. The maximum atomic E-state index is 7.53. The minimum atomic E-state index is -0.537. The third-order valence-corrected chi connectivity index (χ3v) is 1.25. The van der Waals surface area contributed by atoms with Gasteiger partial charge in [-0.05, 0) is 26.3 Å². The summed E-state index contributed by atoms with van der Waals surface area (Å²) in [5, 5.41) is 2.89. The van der Waals surface area contributed by atoms with Crippen molar-refractivity contribution in [2.75, 3.05) is 6.52 Å². The van der Waals surface area contributed by atoms with Gasteiger partial charge in [-0.2, -0.15) is 0 Å². The van der Waals surface area contributed by atoms with Crippen LogP contribution in [0.2, 0.25) is 0 Å². The molecule has 0 aromatic heterocycles. The predicted molar refractivity (Wildman–Crippen MR) is 31.3 cm³/mol. The highest BCUT2D eigenvalue weighted by atomic mass is 14.9. The second-order valence-electron chi connectivity index (χ2n) is 2.02. The van der Waals surface area contributed by atoms with E-state index in [-0.39, 0.29) is 6.52 Å². The first-order chi connectivity index (χ1) is 4.10. The Kier molecular flexibility index (Phi) is 1.02. The molecule has 0 spiro atoms. The maximum Gasteiger partial charge on any atom is 0.0462 e. The standard InChI is InChI=1S/C6H13N/c1-6-4-2-3-5-7-6/h6-7H,2-5H2,1H3/i5D,6D. The van der Waals surface area contributed by atoms with E-state index in [2.05, 4.69) is 5.32 Å². The highest BCUT2D eigenvalue weighted by molar-refractivity contribution is 4.65. The third-order valence-electron chi connectivity index (χ3n) is 1.25. The molecule has 2 atom stereocenters. The van der Waals surface area contributed by atoms with E-state index in [1.54, 1.807) is 0 Å². The van der Waals surface area contributed by atoms with E-state index in [1.807, 2.05) is 6.92 Å². The van der Waals surface area contributed by atoms with Gasteiger partial charge in [0.15, 0.2) is 0 Å². The van der Waals surface area contributed by atoms with Gasteiger partial charge in [-0.25, -0.2) is 0 Å². The Morgan fingerprint density at radius 2 is 2.71 bits per heavy atom. The minimum Gasteiger partial charge on any atom is -0.314 e. The Morgan fingerprint density at radius 1 is 1.86 bits per heavy atom. The molecule has 1 heteroatoms. The van der Waals surface area contributed by atoms with Crippen molar-refractivity contribution in [3.05, 3.63) is 0 Å². The zero-order chi connectivity index (χ0) is 6.91. The quantitative estimate of drug-likeness (QED) is 0.482. The molecule has 1 aliphatic rings. The molecule has 0 aromatic carbocycles. The maximum absolute atomic E-state index is 7.53. The lowest BCUT2D eigenvalue weighted by Gasteiger charge is -2.18. The van der Waals surface area contributed by atoms with Gasteiger partial charge in [-0.1, -0.05) is 6.42 Å².